The van der Waals surface area contributed by atoms with E-state index in [1.807, 2.05) is 0 Å². The largest absolute Gasteiger partial charge is 0.488 e. The highest BCUT2D eigenvalue weighted by Crippen LogP contribution is 2.54. The van der Waals surface area contributed by atoms with Crippen LogP contribution in [0.15, 0.2) is 24.3 Å². The van der Waals surface area contributed by atoms with Gasteiger partial charge in [-0.3, -0.25) is 14.4 Å². The number of carboxylic acids is 1. The van der Waals surface area contributed by atoms with Gasteiger partial charge in [-0.25, -0.2) is 0 Å². The van der Waals surface area contributed by atoms with Crippen LogP contribution in [0.25, 0.3) is 0 Å². The number of nitrogens with zero attached hydrogens (tertiary/aromatic N) is 1. The first kappa shape index (κ1) is 28.9. The summed E-state index contributed by atoms with van der Waals surface area (Å²) in [5, 5.41) is 25.7. The number of hydrogen-bond acceptors (Lipinski definition) is 6. The zero-order chi connectivity index (χ0) is 28.6. The van der Waals surface area contributed by atoms with E-state index in [4.69, 9.17) is 9.47 Å². The van der Waals surface area contributed by atoms with E-state index in [-0.39, 0.29) is 36.1 Å². The lowest BCUT2D eigenvalue weighted by Gasteiger charge is -2.42. The van der Waals surface area contributed by atoms with Gasteiger partial charge in [0.05, 0.1) is 28.9 Å². The average molecular weight is 540 g/mol. The summed E-state index contributed by atoms with van der Waals surface area (Å²) in [6.07, 6.45) is 2.64. The van der Waals surface area contributed by atoms with E-state index in [2.05, 4.69) is 37.5 Å². The molecular formula is C30H41N3O6. The number of benzene rings is 1. The van der Waals surface area contributed by atoms with Crippen molar-refractivity contribution in [3.05, 3.63) is 29.8 Å². The molecule has 0 aliphatic heterocycles. The molecule has 9 nitrogen and oxygen atoms in total. The second-order valence-corrected chi connectivity index (χ2v) is 13.1. The number of amides is 2. The molecule has 1 aromatic carbocycles. The van der Waals surface area contributed by atoms with Crippen molar-refractivity contribution in [3.8, 4) is 11.8 Å². The van der Waals surface area contributed by atoms with Crippen molar-refractivity contribution in [2.75, 3.05) is 13.7 Å². The molecule has 0 saturated heterocycles. The van der Waals surface area contributed by atoms with Crippen LogP contribution in [0.4, 0.5) is 0 Å². The number of carbonyl (C=O) groups excluding carboxylic acids is 2. The summed E-state index contributed by atoms with van der Waals surface area (Å²) in [7, 11) is 1.52. The van der Waals surface area contributed by atoms with E-state index in [0.717, 1.165) is 25.7 Å². The number of nitriles is 1. The Morgan fingerprint density at radius 1 is 1.18 bits per heavy atom. The highest BCUT2D eigenvalue weighted by atomic mass is 16.5. The molecular weight excluding hydrogens is 498 g/mol. The standard InChI is InChI=1S/C30H41N3O6/c1-28(2,3)17-32-26(35)30-10-9-18(14-30)11-24(30)33-25(34)19-7-6-8-21(12-19)39-23-15-29(4,27(36)37)20(16-31)13-22(23)38-5/h6-8,12,18,20,22-24H,9-11,13-15,17H2,1-5H3,(H,32,35)(H,33,34)(H,36,37). The SMILES string of the molecule is COC1CC(C#N)C(C)(C(=O)O)CC1Oc1cccc(C(=O)NC2CC3CCC2(C(=O)NCC(C)(C)C)C3)c1. The Kier molecular flexibility index (Phi) is 8.00. The number of rotatable bonds is 8. The van der Waals surface area contributed by atoms with E-state index < -0.39 is 34.9 Å². The van der Waals surface area contributed by atoms with E-state index in [1.54, 1.807) is 31.2 Å². The summed E-state index contributed by atoms with van der Waals surface area (Å²) in [4.78, 5) is 38.7. The van der Waals surface area contributed by atoms with Crippen LogP contribution in [0.3, 0.4) is 0 Å². The number of carbonyl (C=O) groups is 3. The van der Waals surface area contributed by atoms with Gasteiger partial charge in [-0.2, -0.15) is 5.26 Å². The Morgan fingerprint density at radius 2 is 1.92 bits per heavy atom. The minimum atomic E-state index is -1.27. The van der Waals surface area contributed by atoms with Crippen LogP contribution < -0.4 is 15.4 Å². The predicted octanol–water partition coefficient (Wildman–Crippen LogP) is 3.92. The van der Waals surface area contributed by atoms with Gasteiger partial charge >= 0.3 is 5.97 Å². The summed E-state index contributed by atoms with van der Waals surface area (Å²) < 4.78 is 11.8. The Hall–Kier alpha value is -3.12. The van der Waals surface area contributed by atoms with Gasteiger partial charge in [-0.05, 0) is 68.6 Å². The van der Waals surface area contributed by atoms with Crippen LogP contribution in [0.2, 0.25) is 0 Å². The molecule has 39 heavy (non-hydrogen) atoms. The fourth-order valence-electron chi connectivity index (χ4n) is 6.60. The molecule has 0 aromatic heterocycles. The van der Waals surface area contributed by atoms with Gasteiger partial charge in [0.1, 0.15) is 11.9 Å². The maximum absolute atomic E-state index is 13.4. The van der Waals surface area contributed by atoms with Gasteiger partial charge in [0.2, 0.25) is 5.91 Å². The molecule has 3 aliphatic carbocycles. The van der Waals surface area contributed by atoms with Crippen LogP contribution >= 0.6 is 0 Å². The monoisotopic (exact) mass is 539 g/mol. The van der Waals surface area contributed by atoms with Gasteiger partial charge in [0.25, 0.3) is 5.91 Å². The molecule has 212 valence electrons. The lowest BCUT2D eigenvalue weighted by molar-refractivity contribution is -0.159. The molecule has 0 radical (unpaired) electrons. The second-order valence-electron chi connectivity index (χ2n) is 13.1. The molecule has 3 N–H and O–H groups in total. The maximum Gasteiger partial charge on any atom is 0.310 e. The smallest absolute Gasteiger partial charge is 0.310 e. The summed E-state index contributed by atoms with van der Waals surface area (Å²) in [5.74, 6) is -1.14. The van der Waals surface area contributed by atoms with E-state index in [9.17, 15) is 24.8 Å². The van der Waals surface area contributed by atoms with Crippen LogP contribution in [0, 0.1) is 39.4 Å². The fourth-order valence-corrected chi connectivity index (χ4v) is 6.60. The normalized spacial score (nSPS) is 33.7. The first-order valence-corrected chi connectivity index (χ1v) is 13.8. The molecule has 7 unspecified atom stereocenters. The molecule has 2 bridgehead atoms. The number of methoxy groups -OCH3 is 1. The molecule has 3 fully saturated rings. The molecule has 1 aromatic rings. The van der Waals surface area contributed by atoms with Crippen molar-refractivity contribution in [2.24, 2.45) is 28.1 Å². The Morgan fingerprint density at radius 3 is 2.54 bits per heavy atom. The average Bonchev–Trinajstić information content (AvgIpc) is 3.47. The third-order valence-corrected chi connectivity index (χ3v) is 9.03. The summed E-state index contributed by atoms with van der Waals surface area (Å²) in [6, 6.07) is 8.66. The van der Waals surface area contributed by atoms with Crippen molar-refractivity contribution >= 4 is 17.8 Å². The lowest BCUT2D eigenvalue weighted by Crippen LogP contribution is -2.53. The van der Waals surface area contributed by atoms with E-state index >= 15 is 0 Å². The minimum absolute atomic E-state index is 0.0277. The van der Waals surface area contributed by atoms with Crippen LogP contribution in [0.5, 0.6) is 5.75 Å². The lowest BCUT2D eigenvalue weighted by atomic mass is 9.66. The maximum atomic E-state index is 13.4. The third kappa shape index (κ3) is 5.76. The second kappa shape index (κ2) is 10.8. The first-order valence-electron chi connectivity index (χ1n) is 13.8. The molecule has 3 aliphatic rings. The van der Waals surface area contributed by atoms with Crippen LogP contribution in [-0.2, 0) is 14.3 Å². The molecule has 3 saturated carbocycles. The third-order valence-electron chi connectivity index (χ3n) is 9.03. The Balaban J connectivity index is 1.47. The zero-order valence-electron chi connectivity index (χ0n) is 23.6. The summed E-state index contributed by atoms with van der Waals surface area (Å²) in [6.45, 7) is 8.39. The molecule has 2 amide bonds. The van der Waals surface area contributed by atoms with Crippen molar-refractivity contribution in [3.63, 3.8) is 0 Å². The molecule has 4 rings (SSSR count). The number of ether oxygens (including phenoxy) is 2. The summed E-state index contributed by atoms with van der Waals surface area (Å²) >= 11 is 0. The van der Waals surface area contributed by atoms with Crippen molar-refractivity contribution in [1.82, 2.24) is 10.6 Å². The van der Waals surface area contributed by atoms with Crippen LogP contribution in [0.1, 0.15) is 76.6 Å². The number of fused-ring (bicyclic) bond motifs is 2. The molecule has 7 atom stereocenters. The van der Waals surface area contributed by atoms with Crippen molar-refractivity contribution in [2.45, 2.75) is 84.5 Å². The van der Waals surface area contributed by atoms with Gasteiger partial charge in [-0.1, -0.05) is 26.8 Å². The quantitative estimate of drug-likeness (QED) is 0.455. The zero-order valence-corrected chi connectivity index (χ0v) is 23.6. The number of aliphatic carboxylic acids is 1. The topological polar surface area (TPSA) is 138 Å². The van der Waals surface area contributed by atoms with Gasteiger partial charge in [0, 0.05) is 31.7 Å². The van der Waals surface area contributed by atoms with Gasteiger partial charge in [0.15, 0.2) is 0 Å². The molecule has 0 heterocycles. The van der Waals surface area contributed by atoms with E-state index in [0.29, 0.717) is 23.8 Å². The highest BCUT2D eigenvalue weighted by molar-refractivity contribution is 5.95. The first-order chi connectivity index (χ1) is 18.3. The van der Waals surface area contributed by atoms with Gasteiger partial charge in [-0.15, -0.1) is 0 Å². The van der Waals surface area contributed by atoms with Crippen molar-refractivity contribution < 1.29 is 29.0 Å². The molecule has 0 spiro atoms. The van der Waals surface area contributed by atoms with E-state index in [1.165, 1.54) is 7.11 Å². The minimum Gasteiger partial charge on any atom is -0.488 e. The number of hydrogen-bond donors (Lipinski definition) is 3. The number of carboxylic acid groups (broad SMARTS) is 1. The number of nitrogens with one attached hydrogen (secondary N) is 2. The van der Waals surface area contributed by atoms with Crippen molar-refractivity contribution in [1.29, 1.82) is 5.26 Å². The predicted molar refractivity (Wildman–Crippen MR) is 144 cm³/mol. The summed E-state index contributed by atoms with van der Waals surface area (Å²) in [5.41, 5.74) is -1.47. The Labute approximate surface area is 230 Å². The highest BCUT2D eigenvalue weighted by Gasteiger charge is 2.57. The molecule has 9 heteroatoms. The Bertz CT molecular complexity index is 1160. The van der Waals surface area contributed by atoms with Gasteiger partial charge < -0.3 is 25.2 Å². The fraction of sp³-hybridized carbons (Fsp3) is 0.667. The van der Waals surface area contributed by atoms with Crippen LogP contribution in [-0.4, -0.2) is 54.8 Å².